The number of phosphoric ester groups is 1. The van der Waals surface area contributed by atoms with Gasteiger partial charge in [-0.05, 0) is 77.0 Å². The van der Waals surface area contributed by atoms with Crippen LogP contribution in [0.4, 0.5) is 0 Å². The van der Waals surface area contributed by atoms with Crippen LogP contribution in [0.1, 0.15) is 168 Å². The summed E-state index contributed by atoms with van der Waals surface area (Å²) in [5.41, 5.74) is 0. The number of aliphatic hydroxyl groups excluding tert-OH is 5. The summed E-state index contributed by atoms with van der Waals surface area (Å²) in [7, 11) is -5.03. The number of unbranched alkanes of at least 4 members (excludes halogenated alkanes) is 16. The summed E-state index contributed by atoms with van der Waals surface area (Å²) in [5.74, 6) is -0.520. The second-order valence-electron chi connectivity index (χ2n) is 15.9. The van der Waals surface area contributed by atoms with Crippen LogP contribution in [0.25, 0.3) is 0 Å². The molecule has 0 saturated heterocycles. The maximum absolute atomic E-state index is 12.8. The van der Waals surface area contributed by atoms with Crippen LogP contribution in [0.15, 0.2) is 60.8 Å². The highest BCUT2D eigenvalue weighted by Crippen LogP contribution is 2.47. The van der Waals surface area contributed by atoms with E-state index >= 15 is 0 Å². The average Bonchev–Trinajstić information content (AvgIpc) is 3.23. The van der Waals surface area contributed by atoms with Crippen molar-refractivity contribution in [1.82, 2.24) is 0 Å². The molecule has 1 rings (SSSR count). The lowest BCUT2D eigenvalue weighted by Crippen LogP contribution is -2.64. The van der Waals surface area contributed by atoms with Gasteiger partial charge < -0.3 is 39.9 Å². The topological polar surface area (TPSA) is 192 Å². The van der Waals surface area contributed by atoms with E-state index in [-0.39, 0.29) is 13.0 Å². The van der Waals surface area contributed by atoms with Crippen LogP contribution in [0.3, 0.4) is 0 Å². The van der Waals surface area contributed by atoms with E-state index in [9.17, 15) is 39.8 Å². The van der Waals surface area contributed by atoms with Crippen molar-refractivity contribution in [1.29, 1.82) is 0 Å². The second kappa shape index (κ2) is 37.6. The number of allylic oxidation sites excluding steroid dienone is 10. The van der Waals surface area contributed by atoms with Gasteiger partial charge in [0.05, 0.1) is 13.2 Å². The lowest BCUT2D eigenvalue weighted by Gasteiger charge is -2.41. The zero-order valence-electron chi connectivity index (χ0n) is 37.0. The summed E-state index contributed by atoms with van der Waals surface area (Å²) < 4.78 is 34.1. The summed E-state index contributed by atoms with van der Waals surface area (Å²) in [6.07, 6.45) is 34.4. The van der Waals surface area contributed by atoms with Crippen LogP contribution >= 0.6 is 7.82 Å². The lowest BCUT2D eigenvalue weighted by molar-refractivity contribution is -0.220. The largest absolute Gasteiger partial charge is 0.472 e. The molecule has 6 unspecified atom stereocenters. The maximum Gasteiger partial charge on any atom is 0.472 e. The molecule has 12 nitrogen and oxygen atoms in total. The van der Waals surface area contributed by atoms with E-state index < -0.39 is 63.1 Å². The molecule has 1 aliphatic carbocycles. The van der Waals surface area contributed by atoms with E-state index in [2.05, 4.69) is 74.6 Å². The molecule has 0 aromatic rings. The van der Waals surface area contributed by atoms with Crippen LogP contribution in [0.5, 0.6) is 0 Å². The van der Waals surface area contributed by atoms with Crippen LogP contribution in [-0.2, 0) is 27.9 Å². The minimum absolute atomic E-state index is 0.0978. The molecule has 0 radical (unpaired) electrons. The second-order valence-corrected chi connectivity index (χ2v) is 17.3. The predicted molar refractivity (Wildman–Crippen MR) is 239 cm³/mol. The van der Waals surface area contributed by atoms with Gasteiger partial charge in [0.2, 0.25) is 0 Å². The summed E-state index contributed by atoms with van der Waals surface area (Å²) in [4.78, 5) is 23.1. The number of carbonyl (C=O) groups is 1. The van der Waals surface area contributed by atoms with Crippen LogP contribution in [0, 0.1) is 0 Å². The van der Waals surface area contributed by atoms with E-state index in [1.807, 2.05) is 0 Å². The van der Waals surface area contributed by atoms with E-state index in [4.69, 9.17) is 18.5 Å². The van der Waals surface area contributed by atoms with Crippen LogP contribution in [-0.4, -0.2) is 98.9 Å². The summed E-state index contributed by atoms with van der Waals surface area (Å²) in [5, 5.41) is 50.2. The predicted octanol–water partition coefficient (Wildman–Crippen LogP) is 9.42. The van der Waals surface area contributed by atoms with E-state index in [1.54, 1.807) is 0 Å². The fourth-order valence-electron chi connectivity index (χ4n) is 6.69. The molecule has 1 fully saturated rings. The highest BCUT2D eigenvalue weighted by Gasteiger charge is 2.51. The molecule has 0 heterocycles. The molecule has 0 spiro atoms. The van der Waals surface area contributed by atoms with Crippen molar-refractivity contribution in [3.63, 3.8) is 0 Å². The van der Waals surface area contributed by atoms with Gasteiger partial charge in [-0.3, -0.25) is 13.8 Å². The highest BCUT2D eigenvalue weighted by atomic mass is 31.2. The van der Waals surface area contributed by atoms with E-state index in [0.717, 1.165) is 70.6 Å². The average molecular weight is 871 g/mol. The Bertz CT molecular complexity index is 1220. The minimum atomic E-state index is -5.03. The molecule has 0 aromatic carbocycles. The molecule has 60 heavy (non-hydrogen) atoms. The first-order valence-electron chi connectivity index (χ1n) is 23.1. The van der Waals surface area contributed by atoms with Gasteiger partial charge in [0.1, 0.15) is 42.7 Å². The summed E-state index contributed by atoms with van der Waals surface area (Å²) >= 11 is 0. The molecule has 1 aliphatic rings. The van der Waals surface area contributed by atoms with Crippen LogP contribution in [0.2, 0.25) is 0 Å². The van der Waals surface area contributed by atoms with E-state index in [1.165, 1.54) is 70.6 Å². The SMILES string of the molecule is CC/C=C\C/C=C\C/C=C\C/C=C\CCCCC(=O)OC(COCCCCCCCCCC/C=C\CCCCCCCC)COP(=O)(O)OC1C(O)C(O)C(O)C(O)C1O. The Morgan fingerprint density at radius 1 is 0.550 bits per heavy atom. The Kier molecular flexibility index (Phi) is 35.1. The molecule has 0 amide bonds. The number of hydrogen-bond acceptors (Lipinski definition) is 11. The van der Waals surface area contributed by atoms with Crippen molar-refractivity contribution in [2.75, 3.05) is 19.8 Å². The molecule has 6 N–H and O–H groups in total. The molecule has 13 heteroatoms. The molecular formula is C47H83O12P. The first-order valence-corrected chi connectivity index (χ1v) is 24.6. The molecule has 0 aliphatic heterocycles. The molecule has 0 bridgehead atoms. The number of phosphoric acid groups is 1. The Morgan fingerprint density at radius 2 is 0.983 bits per heavy atom. The maximum atomic E-state index is 12.8. The zero-order chi connectivity index (χ0) is 44.1. The Labute approximate surface area is 362 Å². The molecule has 348 valence electrons. The zero-order valence-corrected chi connectivity index (χ0v) is 37.9. The third-order valence-electron chi connectivity index (χ3n) is 10.4. The number of ether oxygens (including phenoxy) is 2. The van der Waals surface area contributed by atoms with Crippen molar-refractivity contribution in [3.05, 3.63) is 60.8 Å². The molecule has 0 aromatic heterocycles. The van der Waals surface area contributed by atoms with Gasteiger partial charge in [-0.25, -0.2) is 4.57 Å². The van der Waals surface area contributed by atoms with Gasteiger partial charge in [-0.15, -0.1) is 0 Å². The van der Waals surface area contributed by atoms with Gasteiger partial charge in [0.15, 0.2) is 0 Å². The molecule has 1 saturated carbocycles. The van der Waals surface area contributed by atoms with Gasteiger partial charge in [0.25, 0.3) is 0 Å². The number of esters is 1. The fourth-order valence-corrected chi connectivity index (χ4v) is 7.67. The quantitative estimate of drug-likeness (QED) is 0.0149. The third kappa shape index (κ3) is 29.4. The number of rotatable bonds is 38. The van der Waals surface area contributed by atoms with Crippen molar-refractivity contribution >= 4 is 13.8 Å². The Hall–Kier alpha value is -1.96. The Morgan fingerprint density at radius 3 is 1.52 bits per heavy atom. The fraction of sp³-hybridized carbons (Fsp3) is 0.766. The first kappa shape index (κ1) is 56.1. The molecule has 6 atom stereocenters. The monoisotopic (exact) mass is 871 g/mol. The van der Waals surface area contributed by atoms with Crippen LogP contribution < -0.4 is 0 Å². The highest BCUT2D eigenvalue weighted by molar-refractivity contribution is 7.47. The summed E-state index contributed by atoms with van der Waals surface area (Å²) in [6.45, 7) is 4.08. The number of aliphatic hydroxyl groups is 5. The van der Waals surface area contributed by atoms with Crippen molar-refractivity contribution in [2.24, 2.45) is 0 Å². The third-order valence-corrected chi connectivity index (χ3v) is 11.4. The number of carbonyl (C=O) groups excluding carboxylic acids is 1. The van der Waals surface area contributed by atoms with Crippen molar-refractivity contribution < 1.29 is 58.3 Å². The van der Waals surface area contributed by atoms with Gasteiger partial charge >= 0.3 is 13.8 Å². The molecular weight excluding hydrogens is 787 g/mol. The van der Waals surface area contributed by atoms with Gasteiger partial charge in [-0.1, -0.05) is 145 Å². The van der Waals surface area contributed by atoms with Crippen molar-refractivity contribution in [2.45, 2.75) is 211 Å². The normalized spacial score (nSPS) is 22.9. The minimum Gasteiger partial charge on any atom is -0.457 e. The lowest BCUT2D eigenvalue weighted by atomic mass is 9.85. The first-order chi connectivity index (χ1) is 29.0. The smallest absolute Gasteiger partial charge is 0.457 e. The van der Waals surface area contributed by atoms with Gasteiger partial charge in [0, 0.05) is 13.0 Å². The number of hydrogen-bond donors (Lipinski definition) is 6. The standard InChI is InChI=1S/C47H83O12P/c1-3-5-7-9-11-13-15-17-19-20-21-23-25-27-29-31-33-35-37-56-38-40(39-57-60(54,55)59-47-45(52)43(50)42(49)44(51)46(47)53)58-41(48)36-34-32-30-28-26-24-22-18-16-14-12-10-8-6-4-2/h6,8,12,14,17-19,22,26,28,40,42-47,49-53H,3-5,7,9-11,13,15-16,20-21,23-25,27,29-39H2,1-2H3,(H,54,55)/b8-6-,14-12-,19-17-,22-18-,28-26-. The van der Waals surface area contributed by atoms with Gasteiger partial charge in [-0.2, -0.15) is 0 Å². The van der Waals surface area contributed by atoms with E-state index in [0.29, 0.717) is 13.0 Å². The van der Waals surface area contributed by atoms with Crippen molar-refractivity contribution in [3.8, 4) is 0 Å². The summed E-state index contributed by atoms with van der Waals surface area (Å²) in [6, 6.07) is 0. The Balaban J connectivity index is 2.42.